The van der Waals surface area contributed by atoms with Crippen molar-refractivity contribution < 1.29 is 4.79 Å². The fourth-order valence-electron chi connectivity index (χ4n) is 2.50. The van der Waals surface area contributed by atoms with E-state index in [1.807, 2.05) is 19.0 Å². The zero-order valence-corrected chi connectivity index (χ0v) is 10.3. The Bertz CT molecular complexity index is 240. The van der Waals surface area contributed by atoms with Crippen molar-refractivity contribution >= 4 is 5.91 Å². The lowest BCUT2D eigenvalue weighted by molar-refractivity contribution is -0.134. The third-order valence-corrected chi connectivity index (χ3v) is 2.98. The summed E-state index contributed by atoms with van der Waals surface area (Å²) in [5.74, 6) is 0.202. The van der Waals surface area contributed by atoms with Crippen molar-refractivity contribution in [3.8, 4) is 0 Å². The van der Waals surface area contributed by atoms with Crippen LogP contribution < -0.4 is 5.73 Å². The summed E-state index contributed by atoms with van der Waals surface area (Å²) >= 11 is 0. The molecule has 0 saturated carbocycles. The van der Waals surface area contributed by atoms with Crippen molar-refractivity contribution in [3.05, 3.63) is 0 Å². The van der Waals surface area contributed by atoms with Crippen LogP contribution >= 0.6 is 0 Å². The van der Waals surface area contributed by atoms with Crippen LogP contribution in [-0.2, 0) is 4.79 Å². The van der Waals surface area contributed by atoms with Gasteiger partial charge in [-0.3, -0.25) is 9.69 Å². The van der Waals surface area contributed by atoms with Crippen molar-refractivity contribution in [2.24, 2.45) is 11.1 Å². The van der Waals surface area contributed by atoms with E-state index in [-0.39, 0.29) is 17.4 Å². The van der Waals surface area contributed by atoms with Crippen LogP contribution in [0, 0.1) is 5.41 Å². The second kappa shape index (κ2) is 4.49. The molecule has 1 saturated heterocycles. The van der Waals surface area contributed by atoms with E-state index in [0.29, 0.717) is 6.54 Å². The number of carbonyl (C=O) groups excluding carboxylic acids is 1. The number of carbonyl (C=O) groups is 1. The topological polar surface area (TPSA) is 49.6 Å². The molecule has 4 heteroatoms. The van der Waals surface area contributed by atoms with E-state index in [0.717, 1.165) is 19.5 Å². The fraction of sp³-hybridized carbons (Fsp3) is 0.909. The largest absolute Gasteiger partial charge is 0.344 e. The Morgan fingerprint density at radius 3 is 2.53 bits per heavy atom. The Morgan fingerprint density at radius 2 is 2.00 bits per heavy atom. The first kappa shape index (κ1) is 12.5. The Balaban J connectivity index is 2.85. The summed E-state index contributed by atoms with van der Waals surface area (Å²) in [5.41, 5.74) is 5.71. The van der Waals surface area contributed by atoms with Crippen LogP contribution in [0.2, 0.25) is 0 Å². The van der Waals surface area contributed by atoms with Gasteiger partial charge in [0.15, 0.2) is 0 Å². The highest BCUT2D eigenvalue weighted by Gasteiger charge is 2.35. The number of hydrogen-bond donors (Lipinski definition) is 1. The molecule has 1 atom stereocenters. The van der Waals surface area contributed by atoms with Crippen molar-refractivity contribution in [3.63, 3.8) is 0 Å². The highest BCUT2D eigenvalue weighted by molar-refractivity contribution is 5.82. The van der Waals surface area contributed by atoms with E-state index in [2.05, 4.69) is 18.7 Å². The quantitative estimate of drug-likeness (QED) is 0.709. The third-order valence-electron chi connectivity index (χ3n) is 2.98. The summed E-state index contributed by atoms with van der Waals surface area (Å²) in [4.78, 5) is 16.0. The Kier molecular flexibility index (Phi) is 3.73. The molecule has 0 aromatic heterocycles. The molecule has 0 aromatic carbocycles. The summed E-state index contributed by atoms with van der Waals surface area (Å²) < 4.78 is 0. The van der Waals surface area contributed by atoms with Crippen molar-refractivity contribution in [2.75, 3.05) is 33.7 Å². The van der Waals surface area contributed by atoms with Gasteiger partial charge in [-0.15, -0.1) is 0 Å². The molecule has 1 aliphatic rings. The molecule has 15 heavy (non-hydrogen) atoms. The van der Waals surface area contributed by atoms with Gasteiger partial charge in [0.2, 0.25) is 5.91 Å². The number of hydrogen-bond acceptors (Lipinski definition) is 3. The maximum absolute atomic E-state index is 12.1. The van der Waals surface area contributed by atoms with Crippen molar-refractivity contribution in [1.82, 2.24) is 9.80 Å². The van der Waals surface area contributed by atoms with Crippen LogP contribution in [0.15, 0.2) is 0 Å². The molecular weight excluding hydrogens is 190 g/mol. The third kappa shape index (κ3) is 2.92. The average Bonchev–Trinajstić information content (AvgIpc) is 2.16. The van der Waals surface area contributed by atoms with E-state index >= 15 is 0 Å². The number of likely N-dealkylation sites (N-methyl/N-ethyl adjacent to an activating group) is 2. The molecule has 1 heterocycles. The molecule has 4 nitrogen and oxygen atoms in total. The second-order valence-electron chi connectivity index (χ2n) is 5.37. The molecule has 0 aromatic rings. The Morgan fingerprint density at radius 1 is 1.40 bits per heavy atom. The van der Waals surface area contributed by atoms with Crippen molar-refractivity contribution in [1.29, 1.82) is 0 Å². The van der Waals surface area contributed by atoms with E-state index in [1.165, 1.54) is 0 Å². The van der Waals surface area contributed by atoms with Gasteiger partial charge in [-0.1, -0.05) is 13.8 Å². The SMILES string of the molecule is CN1CC(C)(C)CN(C)C(CCN)C1=O. The molecule has 0 spiro atoms. The van der Waals surface area contributed by atoms with E-state index in [1.54, 1.807) is 0 Å². The smallest absolute Gasteiger partial charge is 0.239 e. The molecule has 1 unspecified atom stereocenters. The summed E-state index contributed by atoms with van der Waals surface area (Å²) in [7, 11) is 3.89. The monoisotopic (exact) mass is 213 g/mol. The van der Waals surface area contributed by atoms with Gasteiger partial charge in [0.25, 0.3) is 0 Å². The van der Waals surface area contributed by atoms with E-state index in [4.69, 9.17) is 5.73 Å². The van der Waals surface area contributed by atoms with Gasteiger partial charge in [0.05, 0.1) is 6.04 Å². The van der Waals surface area contributed by atoms with Gasteiger partial charge in [-0.05, 0) is 25.4 Å². The predicted octanol–water partition coefficient (Wildman–Crippen LogP) is 0.134. The molecule has 0 bridgehead atoms. The molecule has 1 rings (SSSR count). The second-order valence-corrected chi connectivity index (χ2v) is 5.37. The molecule has 0 radical (unpaired) electrons. The van der Waals surface area contributed by atoms with Crippen LogP contribution in [0.4, 0.5) is 0 Å². The highest BCUT2D eigenvalue weighted by Crippen LogP contribution is 2.24. The Hall–Kier alpha value is -0.610. The summed E-state index contributed by atoms with van der Waals surface area (Å²) in [6.45, 7) is 6.70. The molecule has 0 aliphatic carbocycles. The first-order valence-corrected chi connectivity index (χ1v) is 5.53. The van der Waals surface area contributed by atoms with Crippen LogP contribution in [-0.4, -0.2) is 55.5 Å². The van der Waals surface area contributed by atoms with Gasteiger partial charge in [0.1, 0.15) is 0 Å². The minimum Gasteiger partial charge on any atom is -0.344 e. The van der Waals surface area contributed by atoms with E-state index < -0.39 is 0 Å². The highest BCUT2D eigenvalue weighted by atomic mass is 16.2. The van der Waals surface area contributed by atoms with E-state index in [9.17, 15) is 4.79 Å². The molecule has 1 fully saturated rings. The summed E-state index contributed by atoms with van der Waals surface area (Å²) in [6.07, 6.45) is 0.746. The lowest BCUT2D eigenvalue weighted by Gasteiger charge is -2.29. The van der Waals surface area contributed by atoms with Crippen LogP contribution in [0.3, 0.4) is 0 Å². The lowest BCUT2D eigenvalue weighted by atomic mass is 9.93. The minimum atomic E-state index is -0.0400. The molecule has 1 aliphatic heterocycles. The van der Waals surface area contributed by atoms with Gasteiger partial charge in [0, 0.05) is 20.1 Å². The number of rotatable bonds is 2. The van der Waals surface area contributed by atoms with Gasteiger partial charge >= 0.3 is 0 Å². The summed E-state index contributed by atoms with van der Waals surface area (Å²) in [6, 6.07) is -0.0400. The van der Waals surface area contributed by atoms with Crippen LogP contribution in [0.25, 0.3) is 0 Å². The van der Waals surface area contributed by atoms with Crippen molar-refractivity contribution in [2.45, 2.75) is 26.3 Å². The molecular formula is C11H23N3O. The number of amides is 1. The zero-order valence-electron chi connectivity index (χ0n) is 10.3. The fourth-order valence-corrected chi connectivity index (χ4v) is 2.50. The average molecular weight is 213 g/mol. The standard InChI is InChI=1S/C11H23N3O/c1-11(2)7-13(3)9(5-6-12)10(15)14(4)8-11/h9H,5-8,12H2,1-4H3. The normalized spacial score (nSPS) is 27.9. The van der Waals surface area contributed by atoms with Gasteiger partial charge < -0.3 is 10.6 Å². The lowest BCUT2D eigenvalue weighted by Crippen LogP contribution is -2.44. The Labute approximate surface area is 92.4 Å². The zero-order chi connectivity index (χ0) is 11.6. The van der Waals surface area contributed by atoms with Crippen LogP contribution in [0.1, 0.15) is 20.3 Å². The maximum Gasteiger partial charge on any atom is 0.239 e. The maximum atomic E-state index is 12.1. The number of nitrogens with zero attached hydrogens (tertiary/aromatic N) is 2. The molecule has 1 amide bonds. The van der Waals surface area contributed by atoms with Gasteiger partial charge in [-0.2, -0.15) is 0 Å². The first-order valence-electron chi connectivity index (χ1n) is 5.53. The van der Waals surface area contributed by atoms with Gasteiger partial charge in [-0.25, -0.2) is 0 Å². The van der Waals surface area contributed by atoms with Crippen LogP contribution in [0.5, 0.6) is 0 Å². The predicted molar refractivity (Wildman–Crippen MR) is 61.5 cm³/mol. The first-order chi connectivity index (χ1) is 6.87. The molecule has 2 N–H and O–H groups in total. The number of nitrogens with two attached hydrogens (primary N) is 1. The molecule has 88 valence electrons. The minimum absolute atomic E-state index is 0.0400. The summed E-state index contributed by atoms with van der Waals surface area (Å²) in [5, 5.41) is 0.